The van der Waals surface area contributed by atoms with E-state index in [1.165, 1.54) is 48.8 Å². The van der Waals surface area contributed by atoms with Crippen molar-refractivity contribution < 1.29 is 0 Å². The monoisotopic (exact) mass is 1090 g/mol. The van der Waals surface area contributed by atoms with E-state index in [9.17, 15) is 0 Å². The third kappa shape index (κ3) is 8.05. The quantitative estimate of drug-likeness (QED) is 0.135. The van der Waals surface area contributed by atoms with Gasteiger partial charge < -0.3 is 9.13 Å². The van der Waals surface area contributed by atoms with Crippen LogP contribution in [0.1, 0.15) is 0 Å². The van der Waals surface area contributed by atoms with E-state index in [-0.39, 0.29) is 0 Å². The van der Waals surface area contributed by atoms with Gasteiger partial charge in [-0.1, -0.05) is 249 Å². The average Bonchev–Trinajstić information content (AvgIpc) is 1.62. The summed E-state index contributed by atoms with van der Waals surface area (Å²) < 4.78 is 4.88. The molecule has 0 atom stereocenters. The van der Waals surface area contributed by atoms with Crippen molar-refractivity contribution >= 4 is 75.9 Å². The lowest BCUT2D eigenvalue weighted by molar-refractivity contribution is 1.07. The summed E-state index contributed by atoms with van der Waals surface area (Å²) in [7, 11) is 0. The van der Waals surface area contributed by atoms with Crippen LogP contribution in [0.15, 0.2) is 309 Å². The fraction of sp³-hybridized carbons (Fsp3) is 0. The molecule has 0 radical (unpaired) electrons. The summed E-state index contributed by atoms with van der Waals surface area (Å²) in [6, 6.07) is 112. The first-order chi connectivity index (χ1) is 42.7. The molecule has 0 saturated heterocycles. The minimum Gasteiger partial charge on any atom is -0.309 e. The summed E-state index contributed by atoms with van der Waals surface area (Å²) in [4.78, 5) is 16.7. The fourth-order valence-electron chi connectivity index (χ4n) is 13.4. The molecule has 0 amide bonds. The molecule has 0 aliphatic carbocycles. The van der Waals surface area contributed by atoms with Crippen molar-refractivity contribution in [1.82, 2.24) is 24.1 Å². The van der Waals surface area contributed by atoms with E-state index in [1.54, 1.807) is 0 Å². The number of aromatic nitrogens is 5. The smallest absolute Gasteiger partial charge is 0.166 e. The third-order valence-corrected chi connectivity index (χ3v) is 17.4. The maximum atomic E-state index is 5.65. The molecule has 17 rings (SSSR count). The number of para-hydroxylation sites is 2. The Hall–Kier alpha value is -11.5. The molecule has 86 heavy (non-hydrogen) atoms. The highest BCUT2D eigenvalue weighted by atomic mass is 15.1. The Morgan fingerprint density at radius 3 is 1.21 bits per heavy atom. The van der Waals surface area contributed by atoms with Crippen LogP contribution in [0.2, 0.25) is 0 Å². The molecule has 0 bridgehead atoms. The van der Waals surface area contributed by atoms with Gasteiger partial charge in [-0.05, 0) is 137 Å². The lowest BCUT2D eigenvalue weighted by atomic mass is 9.93. The van der Waals surface area contributed by atoms with E-state index < -0.39 is 0 Å². The first-order valence-electron chi connectivity index (χ1n) is 29.3. The standard InChI is InChI=1S/C81H51N5/c1-5-22-52(23-6-1)55-28-19-29-58(48-55)79-82-80(59-44-45-65-63-34-14-13-32-61(63)62-33-15-16-35-64(62)71(65)49-59)84-81(83-79)70-47-43-57(54-26-9-3-10-27-54)51-76(70)86-74-41-21-38-67(78(74)69-46-42-56(50-75(69)86)53-24-7-2-8-25-53)66-37-20-40-73-77(66)68-36-17-18-39-72(68)85(73)60-30-11-4-12-31-60/h1-51H. The molecule has 3 heterocycles. The zero-order valence-electron chi connectivity index (χ0n) is 46.7. The molecule has 3 aromatic heterocycles. The van der Waals surface area contributed by atoms with Gasteiger partial charge in [-0.25, -0.2) is 15.0 Å². The molecule has 0 N–H and O–H groups in total. The second-order valence-electron chi connectivity index (χ2n) is 22.2. The van der Waals surface area contributed by atoms with E-state index >= 15 is 0 Å². The van der Waals surface area contributed by atoms with Crippen molar-refractivity contribution in [3.05, 3.63) is 309 Å². The Labute approximate surface area is 496 Å². The molecule has 0 spiro atoms. The van der Waals surface area contributed by atoms with Crippen molar-refractivity contribution in [2.75, 3.05) is 0 Å². The molecule has 0 fully saturated rings. The average molecular weight is 1090 g/mol. The van der Waals surface area contributed by atoms with Crippen LogP contribution in [0.3, 0.4) is 0 Å². The van der Waals surface area contributed by atoms with Crippen molar-refractivity contribution in [2.45, 2.75) is 0 Å². The molecule has 5 nitrogen and oxygen atoms in total. The Morgan fingerprint density at radius 1 is 0.198 bits per heavy atom. The molecule has 0 saturated carbocycles. The van der Waals surface area contributed by atoms with Gasteiger partial charge >= 0.3 is 0 Å². The summed E-state index contributed by atoms with van der Waals surface area (Å²) in [5.74, 6) is 1.74. The molecular weight excluding hydrogens is 1040 g/mol. The minimum atomic E-state index is 0.567. The highest BCUT2D eigenvalue weighted by Crippen LogP contribution is 2.47. The van der Waals surface area contributed by atoms with Crippen LogP contribution in [0.4, 0.5) is 0 Å². The zero-order chi connectivity index (χ0) is 56.7. The van der Waals surface area contributed by atoms with E-state index in [1.807, 2.05) is 0 Å². The van der Waals surface area contributed by atoms with Crippen molar-refractivity contribution in [2.24, 2.45) is 0 Å². The lowest BCUT2D eigenvalue weighted by Gasteiger charge is -2.17. The molecule has 400 valence electrons. The van der Waals surface area contributed by atoms with Crippen LogP contribution in [0.25, 0.3) is 166 Å². The number of hydrogen-bond donors (Lipinski definition) is 0. The Morgan fingerprint density at radius 2 is 0.593 bits per heavy atom. The van der Waals surface area contributed by atoms with Gasteiger partial charge in [0.05, 0.1) is 27.8 Å². The van der Waals surface area contributed by atoms with Crippen LogP contribution in [-0.2, 0) is 0 Å². The summed E-state index contributed by atoms with van der Waals surface area (Å²) in [6.45, 7) is 0. The molecule has 5 heteroatoms. The largest absolute Gasteiger partial charge is 0.309 e. The number of rotatable bonds is 9. The van der Waals surface area contributed by atoms with Crippen LogP contribution in [0, 0.1) is 0 Å². The number of hydrogen-bond acceptors (Lipinski definition) is 3. The Bertz CT molecular complexity index is 5480. The summed E-state index contributed by atoms with van der Waals surface area (Å²) in [5, 5.41) is 11.9. The zero-order valence-corrected chi connectivity index (χ0v) is 46.7. The highest BCUT2D eigenvalue weighted by molar-refractivity contribution is 6.26. The molecule has 17 aromatic rings. The van der Waals surface area contributed by atoms with Crippen molar-refractivity contribution in [3.63, 3.8) is 0 Å². The SMILES string of the molecule is c1ccc(-c2cccc(-c3nc(-c4ccc5c6ccccc6c6ccccc6c5c4)nc(-c4ccc(-c5ccccc5)cc4-n4c5cc(-c6ccccc6)ccc5c5c(-c6cccc7c6c6ccccc6n7-c6ccccc6)cccc54)n3)c2)cc1. The van der Waals surface area contributed by atoms with E-state index in [0.29, 0.717) is 17.5 Å². The number of fused-ring (bicyclic) bond motifs is 12. The topological polar surface area (TPSA) is 48.5 Å². The highest BCUT2D eigenvalue weighted by Gasteiger charge is 2.25. The maximum Gasteiger partial charge on any atom is 0.166 e. The van der Waals surface area contributed by atoms with Gasteiger partial charge in [-0.2, -0.15) is 0 Å². The second-order valence-corrected chi connectivity index (χ2v) is 22.2. The Kier molecular flexibility index (Phi) is 11.5. The van der Waals surface area contributed by atoms with E-state index in [2.05, 4.69) is 319 Å². The second kappa shape index (κ2) is 20.1. The van der Waals surface area contributed by atoms with Gasteiger partial charge in [-0.3, -0.25) is 0 Å². The van der Waals surface area contributed by atoms with Gasteiger partial charge in [0, 0.05) is 43.9 Å². The van der Waals surface area contributed by atoms with Crippen LogP contribution in [0.5, 0.6) is 0 Å². The predicted molar refractivity (Wildman–Crippen MR) is 359 cm³/mol. The minimum absolute atomic E-state index is 0.567. The van der Waals surface area contributed by atoms with Crippen LogP contribution in [-0.4, -0.2) is 24.1 Å². The predicted octanol–water partition coefficient (Wildman–Crippen LogP) is 21.2. The van der Waals surface area contributed by atoms with Gasteiger partial charge in [-0.15, -0.1) is 0 Å². The van der Waals surface area contributed by atoms with Gasteiger partial charge in [0.2, 0.25) is 0 Å². The lowest BCUT2D eigenvalue weighted by Crippen LogP contribution is -2.04. The van der Waals surface area contributed by atoms with Crippen LogP contribution >= 0.6 is 0 Å². The molecule has 0 unspecified atom stereocenters. The molecule has 0 aliphatic heterocycles. The summed E-state index contributed by atoms with van der Waals surface area (Å²) in [6.07, 6.45) is 0. The van der Waals surface area contributed by atoms with Crippen LogP contribution < -0.4 is 0 Å². The maximum absolute atomic E-state index is 5.65. The number of nitrogens with zero attached hydrogens (tertiary/aromatic N) is 5. The summed E-state index contributed by atoms with van der Waals surface area (Å²) in [5.41, 5.74) is 18.2. The first kappa shape index (κ1) is 49.1. The Balaban J connectivity index is 0.958. The van der Waals surface area contributed by atoms with Crippen molar-refractivity contribution in [3.8, 4) is 90.0 Å². The first-order valence-corrected chi connectivity index (χ1v) is 29.3. The molecule has 14 aromatic carbocycles. The molecule has 0 aliphatic rings. The van der Waals surface area contributed by atoms with Gasteiger partial charge in [0.1, 0.15) is 0 Å². The van der Waals surface area contributed by atoms with Gasteiger partial charge in [0.15, 0.2) is 17.5 Å². The fourth-order valence-corrected chi connectivity index (χ4v) is 13.4. The third-order valence-electron chi connectivity index (χ3n) is 17.4. The summed E-state index contributed by atoms with van der Waals surface area (Å²) >= 11 is 0. The molecular formula is C81H51N5. The van der Waals surface area contributed by atoms with Crippen molar-refractivity contribution in [1.29, 1.82) is 0 Å². The normalized spacial score (nSPS) is 11.7. The number of benzene rings is 14. The van der Waals surface area contributed by atoms with Gasteiger partial charge in [0.25, 0.3) is 0 Å². The van der Waals surface area contributed by atoms with E-state index in [4.69, 9.17) is 15.0 Å². The van der Waals surface area contributed by atoms with E-state index in [0.717, 1.165) is 99.7 Å².